The van der Waals surface area contributed by atoms with Crippen LogP contribution in [0.25, 0.3) is 0 Å². The quantitative estimate of drug-likeness (QED) is 0.534. The van der Waals surface area contributed by atoms with Crippen molar-refractivity contribution in [3.8, 4) is 17.6 Å². The molecule has 7 nitrogen and oxygen atoms in total. The zero-order valence-corrected chi connectivity index (χ0v) is 14.9. The molecule has 0 saturated carbocycles. The molecule has 7 heteroatoms. The van der Waals surface area contributed by atoms with Crippen LogP contribution in [-0.2, 0) is 17.8 Å². The second kappa shape index (κ2) is 10.5. The summed E-state index contributed by atoms with van der Waals surface area (Å²) in [6, 6.07) is 8.91. The van der Waals surface area contributed by atoms with Crippen molar-refractivity contribution in [2.75, 3.05) is 13.2 Å². The van der Waals surface area contributed by atoms with E-state index in [1.165, 1.54) is 16.8 Å². The average Bonchev–Trinajstić information content (AvgIpc) is 2.65. The molecular weight excluding hydrogens is 346 g/mol. The molecule has 1 amide bonds. The number of rotatable bonds is 8. The summed E-state index contributed by atoms with van der Waals surface area (Å²) < 4.78 is 6.89. The Morgan fingerprint density at radius 1 is 1.26 bits per heavy atom. The van der Waals surface area contributed by atoms with Crippen LogP contribution in [0, 0.1) is 11.8 Å². The molecule has 0 aliphatic rings. The number of carbonyl (C=O) groups is 1. The van der Waals surface area contributed by atoms with E-state index in [2.05, 4.69) is 28.7 Å². The number of para-hydroxylation sites is 1. The maximum atomic E-state index is 11.8. The van der Waals surface area contributed by atoms with Gasteiger partial charge in [-0.25, -0.2) is 4.79 Å². The van der Waals surface area contributed by atoms with Gasteiger partial charge >= 0.3 is 5.69 Å². The lowest BCUT2D eigenvalue weighted by Crippen LogP contribution is -2.31. The Kier molecular flexibility index (Phi) is 7.67. The predicted molar refractivity (Wildman–Crippen MR) is 103 cm³/mol. The first-order valence-electron chi connectivity index (χ1n) is 8.44. The van der Waals surface area contributed by atoms with Gasteiger partial charge in [-0.05, 0) is 18.1 Å². The molecule has 0 atom stereocenters. The van der Waals surface area contributed by atoms with Crippen LogP contribution in [0.5, 0.6) is 5.75 Å². The van der Waals surface area contributed by atoms with Crippen LogP contribution in [0.1, 0.15) is 12.0 Å². The van der Waals surface area contributed by atoms with Gasteiger partial charge in [-0.3, -0.25) is 14.6 Å². The van der Waals surface area contributed by atoms with E-state index in [-0.39, 0.29) is 32.0 Å². The number of hydrogen-bond acceptors (Lipinski definition) is 4. The highest BCUT2D eigenvalue weighted by atomic mass is 16.5. The highest BCUT2D eigenvalue weighted by Crippen LogP contribution is 2.18. The van der Waals surface area contributed by atoms with Crippen LogP contribution in [-0.4, -0.2) is 28.6 Å². The summed E-state index contributed by atoms with van der Waals surface area (Å²) in [4.78, 5) is 36.4. The summed E-state index contributed by atoms with van der Waals surface area (Å²) in [6.07, 6.45) is 4.00. The van der Waals surface area contributed by atoms with E-state index in [1.807, 2.05) is 30.3 Å². The van der Waals surface area contributed by atoms with E-state index in [4.69, 9.17) is 4.74 Å². The van der Waals surface area contributed by atoms with Crippen molar-refractivity contribution in [1.29, 1.82) is 0 Å². The minimum Gasteiger partial charge on any atom is -0.481 e. The number of nitrogens with one attached hydrogen (secondary N) is 2. The first-order chi connectivity index (χ1) is 13.1. The molecule has 0 aliphatic heterocycles. The Morgan fingerprint density at radius 2 is 2.07 bits per heavy atom. The molecule has 0 spiro atoms. The third-order valence-corrected chi connectivity index (χ3v) is 3.61. The van der Waals surface area contributed by atoms with Crippen molar-refractivity contribution in [3.63, 3.8) is 0 Å². The Labute approximate surface area is 156 Å². The van der Waals surface area contributed by atoms with Gasteiger partial charge in [0.05, 0.1) is 6.54 Å². The van der Waals surface area contributed by atoms with E-state index < -0.39 is 11.2 Å². The maximum Gasteiger partial charge on any atom is 0.328 e. The topological polar surface area (TPSA) is 93.2 Å². The van der Waals surface area contributed by atoms with Gasteiger partial charge in [0.15, 0.2) is 0 Å². The summed E-state index contributed by atoms with van der Waals surface area (Å²) in [7, 11) is 0. The first kappa shape index (κ1) is 19.8. The summed E-state index contributed by atoms with van der Waals surface area (Å²) in [5, 5.41) is 2.65. The average molecular weight is 367 g/mol. The van der Waals surface area contributed by atoms with Crippen molar-refractivity contribution in [2.45, 2.75) is 19.4 Å². The Morgan fingerprint density at radius 3 is 2.85 bits per heavy atom. The van der Waals surface area contributed by atoms with Gasteiger partial charge in [-0.2, -0.15) is 0 Å². The number of carbonyl (C=O) groups excluding carboxylic acids is 1. The summed E-state index contributed by atoms with van der Waals surface area (Å²) in [6.45, 7) is 4.31. The molecule has 0 bridgehead atoms. The number of aromatic amines is 1. The first-order valence-corrected chi connectivity index (χ1v) is 8.44. The minimum absolute atomic E-state index is 0.110. The summed E-state index contributed by atoms with van der Waals surface area (Å²) in [5.74, 6) is 6.18. The SMILES string of the molecule is C=CCc1ccccc1OCC#CCNC(=O)CCn1ccc(=O)[nH]c1=O. The van der Waals surface area contributed by atoms with E-state index in [9.17, 15) is 14.4 Å². The van der Waals surface area contributed by atoms with Gasteiger partial charge in [0.25, 0.3) is 5.56 Å². The van der Waals surface area contributed by atoms with Gasteiger partial charge < -0.3 is 14.6 Å². The smallest absolute Gasteiger partial charge is 0.328 e. The fraction of sp³-hybridized carbons (Fsp3) is 0.250. The third kappa shape index (κ3) is 6.71. The highest BCUT2D eigenvalue weighted by molar-refractivity contribution is 5.76. The van der Waals surface area contributed by atoms with Crippen LogP contribution in [0.3, 0.4) is 0 Å². The lowest BCUT2D eigenvalue weighted by Gasteiger charge is -2.07. The molecule has 2 rings (SSSR count). The molecule has 1 aromatic carbocycles. The van der Waals surface area contributed by atoms with Crippen LogP contribution in [0.15, 0.2) is 58.8 Å². The van der Waals surface area contributed by atoms with Gasteiger partial charge in [0, 0.05) is 25.2 Å². The fourth-order valence-corrected chi connectivity index (χ4v) is 2.27. The molecule has 140 valence electrons. The molecule has 2 aromatic rings. The minimum atomic E-state index is -0.538. The second-order valence-electron chi connectivity index (χ2n) is 5.57. The summed E-state index contributed by atoms with van der Waals surface area (Å²) >= 11 is 0. The Balaban J connectivity index is 1.71. The number of ether oxygens (including phenoxy) is 1. The lowest BCUT2D eigenvalue weighted by atomic mass is 10.1. The van der Waals surface area contributed by atoms with Crippen LogP contribution in [0.2, 0.25) is 0 Å². The monoisotopic (exact) mass is 367 g/mol. The van der Waals surface area contributed by atoms with Crippen LogP contribution >= 0.6 is 0 Å². The number of amides is 1. The van der Waals surface area contributed by atoms with E-state index in [1.54, 1.807) is 0 Å². The molecule has 27 heavy (non-hydrogen) atoms. The van der Waals surface area contributed by atoms with Crippen LogP contribution < -0.4 is 21.3 Å². The Bertz CT molecular complexity index is 963. The van der Waals surface area contributed by atoms with E-state index in [0.717, 1.165) is 17.7 Å². The number of hydrogen-bond donors (Lipinski definition) is 2. The molecule has 0 saturated heterocycles. The van der Waals surface area contributed by atoms with Crippen molar-refractivity contribution in [1.82, 2.24) is 14.9 Å². The third-order valence-electron chi connectivity index (χ3n) is 3.61. The van der Waals surface area contributed by atoms with E-state index in [0.29, 0.717) is 0 Å². The van der Waals surface area contributed by atoms with Crippen molar-refractivity contribution in [2.24, 2.45) is 0 Å². The number of aryl methyl sites for hydroxylation is 1. The van der Waals surface area contributed by atoms with Gasteiger partial charge in [-0.15, -0.1) is 6.58 Å². The Hall–Kier alpha value is -3.53. The molecule has 1 heterocycles. The van der Waals surface area contributed by atoms with Gasteiger partial charge in [-0.1, -0.05) is 36.1 Å². The molecule has 0 radical (unpaired) electrons. The molecule has 0 aliphatic carbocycles. The largest absolute Gasteiger partial charge is 0.481 e. The number of H-pyrrole nitrogens is 1. The fourth-order valence-electron chi connectivity index (χ4n) is 2.27. The van der Waals surface area contributed by atoms with Crippen molar-refractivity contribution < 1.29 is 9.53 Å². The molecule has 1 aromatic heterocycles. The zero-order valence-electron chi connectivity index (χ0n) is 14.9. The lowest BCUT2D eigenvalue weighted by molar-refractivity contribution is -0.121. The van der Waals surface area contributed by atoms with Gasteiger partial charge in [0.2, 0.25) is 5.91 Å². The highest BCUT2D eigenvalue weighted by Gasteiger charge is 2.02. The number of nitrogens with zero attached hydrogens (tertiary/aromatic N) is 1. The molecular formula is C20H21N3O4. The van der Waals surface area contributed by atoms with Crippen molar-refractivity contribution in [3.05, 3.63) is 75.6 Å². The normalized spacial score (nSPS) is 9.78. The number of benzene rings is 1. The number of aromatic nitrogens is 2. The predicted octanol–water partition coefficient (Wildman–Crippen LogP) is 0.854. The molecule has 0 unspecified atom stereocenters. The zero-order chi connectivity index (χ0) is 19.5. The molecule has 2 N–H and O–H groups in total. The van der Waals surface area contributed by atoms with E-state index >= 15 is 0 Å². The second-order valence-corrected chi connectivity index (χ2v) is 5.57. The summed E-state index contributed by atoms with van der Waals surface area (Å²) in [5.41, 5.74) is 0.0365. The molecule has 0 fully saturated rings. The number of allylic oxidation sites excluding steroid dienone is 1. The van der Waals surface area contributed by atoms with Crippen molar-refractivity contribution >= 4 is 5.91 Å². The maximum absolute atomic E-state index is 11.8. The standard InChI is InChI=1S/C20H21N3O4/c1-2-7-16-8-3-4-9-17(16)27-15-6-5-12-21-18(24)10-13-23-14-11-19(25)22-20(23)26/h2-4,8-9,11,14H,1,7,10,12-13,15H2,(H,21,24)(H,22,25,26). The van der Waals surface area contributed by atoms with Gasteiger partial charge in [0.1, 0.15) is 12.4 Å². The van der Waals surface area contributed by atoms with Crippen LogP contribution in [0.4, 0.5) is 0 Å².